The van der Waals surface area contributed by atoms with Crippen molar-refractivity contribution in [2.45, 2.75) is 12.3 Å². The van der Waals surface area contributed by atoms with Crippen LogP contribution in [0.15, 0.2) is 38.3 Å². The summed E-state index contributed by atoms with van der Waals surface area (Å²) in [4.78, 5) is 36.6. The van der Waals surface area contributed by atoms with Gasteiger partial charge in [0.25, 0.3) is 5.56 Å². The lowest BCUT2D eigenvalue weighted by molar-refractivity contribution is -0.116. The molecule has 0 fully saturated rings. The van der Waals surface area contributed by atoms with E-state index in [0.29, 0.717) is 5.56 Å². The van der Waals surface area contributed by atoms with Gasteiger partial charge in [0, 0.05) is 30.9 Å². The first-order chi connectivity index (χ1) is 10.4. The minimum absolute atomic E-state index is 0.170. The number of anilines is 1. The van der Waals surface area contributed by atoms with E-state index in [1.54, 1.807) is 7.05 Å². The number of hydrogen-bond acceptors (Lipinski definition) is 3. The Hall–Kier alpha value is -2.15. The Bertz CT molecular complexity index is 898. The van der Waals surface area contributed by atoms with Gasteiger partial charge >= 0.3 is 5.69 Å². The summed E-state index contributed by atoms with van der Waals surface area (Å²) in [7, 11) is 2.99. The molecule has 0 saturated heterocycles. The highest BCUT2D eigenvalue weighted by atomic mass is 79.9. The molecule has 114 valence electrons. The maximum absolute atomic E-state index is 12.6. The Balaban J connectivity index is 2.36. The fourth-order valence-corrected chi connectivity index (χ4v) is 3.39. The second kappa shape index (κ2) is 5.24. The zero-order valence-corrected chi connectivity index (χ0v) is 13.7. The van der Waals surface area contributed by atoms with Gasteiger partial charge in [0.1, 0.15) is 5.82 Å². The van der Waals surface area contributed by atoms with Gasteiger partial charge in [0.2, 0.25) is 5.91 Å². The number of rotatable bonds is 1. The molecule has 6 nitrogen and oxygen atoms in total. The summed E-state index contributed by atoms with van der Waals surface area (Å²) < 4.78 is 3.20. The molecule has 1 unspecified atom stereocenters. The molecule has 0 saturated carbocycles. The van der Waals surface area contributed by atoms with Crippen LogP contribution in [0, 0.1) is 0 Å². The molecule has 0 spiro atoms. The number of benzene rings is 1. The van der Waals surface area contributed by atoms with E-state index >= 15 is 0 Å². The van der Waals surface area contributed by atoms with Crippen LogP contribution >= 0.6 is 15.9 Å². The number of hydrogen-bond donors (Lipinski definition) is 1. The second-order valence-electron chi connectivity index (χ2n) is 5.29. The molecule has 2 aromatic rings. The largest absolute Gasteiger partial charge is 0.332 e. The molecule has 0 radical (unpaired) electrons. The van der Waals surface area contributed by atoms with Gasteiger partial charge in [-0.3, -0.25) is 18.7 Å². The lowest BCUT2D eigenvalue weighted by Gasteiger charge is -2.27. The van der Waals surface area contributed by atoms with E-state index in [1.807, 2.05) is 24.3 Å². The van der Waals surface area contributed by atoms with Crippen molar-refractivity contribution in [1.82, 2.24) is 9.13 Å². The lowest BCUT2D eigenvalue weighted by Crippen LogP contribution is -2.44. The summed E-state index contributed by atoms with van der Waals surface area (Å²) in [6.07, 6.45) is 0.170. The molecule has 22 heavy (non-hydrogen) atoms. The van der Waals surface area contributed by atoms with Gasteiger partial charge in [-0.1, -0.05) is 34.1 Å². The molecule has 1 N–H and O–H groups in total. The van der Waals surface area contributed by atoms with E-state index in [9.17, 15) is 14.4 Å². The van der Waals surface area contributed by atoms with Crippen molar-refractivity contribution in [2.24, 2.45) is 14.1 Å². The van der Waals surface area contributed by atoms with Crippen LogP contribution in [0.1, 0.15) is 23.5 Å². The Morgan fingerprint density at radius 1 is 1.14 bits per heavy atom. The van der Waals surface area contributed by atoms with Crippen molar-refractivity contribution in [1.29, 1.82) is 0 Å². The van der Waals surface area contributed by atoms with Crippen LogP contribution in [-0.4, -0.2) is 15.0 Å². The third-order valence-electron chi connectivity index (χ3n) is 3.98. The van der Waals surface area contributed by atoms with Gasteiger partial charge in [0.15, 0.2) is 0 Å². The van der Waals surface area contributed by atoms with Crippen molar-refractivity contribution >= 4 is 27.7 Å². The summed E-state index contributed by atoms with van der Waals surface area (Å²) in [6, 6.07) is 7.48. The molecule has 1 aromatic carbocycles. The normalized spacial score (nSPS) is 17.0. The van der Waals surface area contributed by atoms with Crippen molar-refractivity contribution in [3.63, 3.8) is 0 Å². The molecule has 2 heterocycles. The number of nitrogens with one attached hydrogen (secondary N) is 1. The second-order valence-corrected chi connectivity index (χ2v) is 6.15. The summed E-state index contributed by atoms with van der Waals surface area (Å²) in [5.74, 6) is -0.313. The van der Waals surface area contributed by atoms with Crippen molar-refractivity contribution in [3.8, 4) is 0 Å². The average Bonchev–Trinajstić information content (AvgIpc) is 2.50. The zero-order valence-electron chi connectivity index (χ0n) is 12.1. The number of carbonyl (C=O) groups is 1. The molecule has 0 bridgehead atoms. The predicted molar refractivity (Wildman–Crippen MR) is 86.2 cm³/mol. The van der Waals surface area contributed by atoms with E-state index < -0.39 is 5.69 Å². The molecule has 1 atom stereocenters. The monoisotopic (exact) mass is 363 g/mol. The molecular formula is C15H14BrN3O3. The number of amides is 1. The third-order valence-corrected chi connectivity index (χ3v) is 4.70. The summed E-state index contributed by atoms with van der Waals surface area (Å²) >= 11 is 3.47. The molecule has 1 amide bonds. The molecule has 1 aromatic heterocycles. The molecule has 7 heteroatoms. The number of nitrogens with zero attached hydrogens (tertiary/aromatic N) is 2. The van der Waals surface area contributed by atoms with Gasteiger partial charge in [-0.2, -0.15) is 0 Å². The standard InChI is InChI=1S/C15H14BrN3O3/c1-18-13-12(14(21)19(2)15(18)22)9(7-11(20)17-13)8-5-3-4-6-10(8)16/h3-6,9H,7H2,1-2H3,(H,17,20). The molecule has 1 aliphatic rings. The third kappa shape index (κ3) is 2.12. The van der Waals surface area contributed by atoms with E-state index in [-0.39, 0.29) is 29.6 Å². The first kappa shape index (κ1) is 14.8. The Kier molecular flexibility index (Phi) is 3.52. The number of halogens is 1. The number of aromatic nitrogens is 2. The quantitative estimate of drug-likeness (QED) is 0.830. The van der Waals surface area contributed by atoms with E-state index in [2.05, 4.69) is 21.2 Å². The fourth-order valence-electron chi connectivity index (χ4n) is 2.83. The van der Waals surface area contributed by atoms with Crippen LogP contribution < -0.4 is 16.6 Å². The first-order valence-corrected chi connectivity index (χ1v) is 7.55. The van der Waals surface area contributed by atoms with Crippen LogP contribution in [0.4, 0.5) is 5.82 Å². The summed E-state index contributed by atoms with van der Waals surface area (Å²) in [5.41, 5.74) is 0.459. The van der Waals surface area contributed by atoms with Gasteiger partial charge in [-0.05, 0) is 11.6 Å². The maximum Gasteiger partial charge on any atom is 0.332 e. The van der Waals surface area contributed by atoms with Crippen LogP contribution in [0.2, 0.25) is 0 Å². The van der Waals surface area contributed by atoms with E-state index in [0.717, 1.165) is 14.6 Å². The van der Waals surface area contributed by atoms with Crippen molar-refractivity contribution in [3.05, 3.63) is 60.7 Å². The Morgan fingerprint density at radius 2 is 1.82 bits per heavy atom. The van der Waals surface area contributed by atoms with E-state index in [4.69, 9.17) is 0 Å². The van der Waals surface area contributed by atoms with Crippen LogP contribution in [0.5, 0.6) is 0 Å². The first-order valence-electron chi connectivity index (χ1n) is 6.76. The van der Waals surface area contributed by atoms with Crippen LogP contribution in [0.25, 0.3) is 0 Å². The Labute approximate surface area is 134 Å². The minimum Gasteiger partial charge on any atom is -0.312 e. The van der Waals surface area contributed by atoms with Gasteiger partial charge < -0.3 is 5.32 Å². The molecular weight excluding hydrogens is 350 g/mol. The molecule has 1 aliphatic heterocycles. The maximum atomic E-state index is 12.6. The van der Waals surface area contributed by atoms with Crippen LogP contribution in [-0.2, 0) is 18.9 Å². The molecule has 3 rings (SSSR count). The predicted octanol–water partition coefficient (Wildman–Crippen LogP) is 1.32. The number of carbonyl (C=O) groups excluding carboxylic acids is 1. The van der Waals surface area contributed by atoms with Crippen LogP contribution in [0.3, 0.4) is 0 Å². The average molecular weight is 364 g/mol. The topological polar surface area (TPSA) is 73.1 Å². The zero-order chi connectivity index (χ0) is 16.0. The highest BCUT2D eigenvalue weighted by Gasteiger charge is 2.33. The van der Waals surface area contributed by atoms with Gasteiger partial charge in [-0.25, -0.2) is 4.79 Å². The van der Waals surface area contributed by atoms with Gasteiger partial charge in [0.05, 0.1) is 5.56 Å². The van der Waals surface area contributed by atoms with E-state index in [1.165, 1.54) is 11.6 Å². The molecule has 0 aliphatic carbocycles. The van der Waals surface area contributed by atoms with Crippen molar-refractivity contribution < 1.29 is 4.79 Å². The Morgan fingerprint density at radius 3 is 2.50 bits per heavy atom. The minimum atomic E-state index is -0.461. The smallest absolute Gasteiger partial charge is 0.312 e. The van der Waals surface area contributed by atoms with Gasteiger partial charge in [-0.15, -0.1) is 0 Å². The summed E-state index contributed by atoms with van der Waals surface area (Å²) in [5, 5.41) is 2.65. The number of fused-ring (bicyclic) bond motifs is 1. The fraction of sp³-hybridized carbons (Fsp3) is 0.267. The summed E-state index contributed by atoms with van der Waals surface area (Å²) in [6.45, 7) is 0. The lowest BCUT2D eigenvalue weighted by atomic mass is 9.87. The highest BCUT2D eigenvalue weighted by molar-refractivity contribution is 9.10. The SMILES string of the molecule is Cn1c2c(c(=O)n(C)c1=O)C(c1ccccc1Br)CC(=O)N2. The highest BCUT2D eigenvalue weighted by Crippen LogP contribution is 2.37. The van der Waals surface area contributed by atoms with Crippen molar-refractivity contribution in [2.75, 3.05) is 5.32 Å².